The molecule has 2 aromatic carbocycles. The van der Waals surface area contributed by atoms with Crippen LogP contribution in [0, 0.1) is 12.8 Å². The van der Waals surface area contributed by atoms with E-state index in [-0.39, 0.29) is 33.9 Å². The number of aromatic nitrogens is 1. The lowest BCUT2D eigenvalue weighted by atomic mass is 9.95. The number of carbonyl (C=O) groups is 3. The van der Waals surface area contributed by atoms with E-state index in [1.165, 1.54) is 12.0 Å². The number of aliphatic hydroxyl groups is 1. The minimum atomic E-state index is -1.08. The molecule has 1 aliphatic rings. The maximum Gasteiger partial charge on any atom is 0.350 e. The van der Waals surface area contributed by atoms with Crippen LogP contribution >= 0.6 is 11.3 Å². The predicted octanol–water partition coefficient (Wildman–Crippen LogP) is 6.48. The summed E-state index contributed by atoms with van der Waals surface area (Å²) in [5.74, 6) is -1.06. The number of nitrogens with zero attached hydrogens (tertiary/aromatic N) is 2. The molecule has 10 nitrogen and oxygen atoms in total. The Morgan fingerprint density at radius 2 is 1.80 bits per heavy atom. The van der Waals surface area contributed by atoms with Crippen molar-refractivity contribution >= 4 is 39.9 Å². The van der Waals surface area contributed by atoms with Crippen LogP contribution in [0.15, 0.2) is 48.0 Å². The van der Waals surface area contributed by atoms with E-state index in [4.69, 9.17) is 18.9 Å². The summed E-state index contributed by atoms with van der Waals surface area (Å²) in [6.45, 7) is 10.6. The number of aliphatic hydroxyl groups excluding tert-OH is 1. The Kier molecular flexibility index (Phi) is 10.6. The van der Waals surface area contributed by atoms with Gasteiger partial charge in [0, 0.05) is 5.56 Å². The first-order chi connectivity index (χ1) is 21.1. The molecule has 11 heteroatoms. The average Bonchev–Trinajstić information content (AvgIpc) is 3.52. The molecule has 1 aromatic heterocycles. The van der Waals surface area contributed by atoms with Gasteiger partial charge in [-0.25, -0.2) is 9.78 Å². The van der Waals surface area contributed by atoms with Crippen LogP contribution in [-0.2, 0) is 14.3 Å². The lowest BCUT2D eigenvalue weighted by Crippen LogP contribution is -2.29. The van der Waals surface area contributed by atoms with Gasteiger partial charge in [-0.15, -0.1) is 0 Å². The monoisotopic (exact) mass is 622 g/mol. The first kappa shape index (κ1) is 32.5. The molecule has 0 radical (unpaired) electrons. The first-order valence-corrected chi connectivity index (χ1v) is 15.4. The van der Waals surface area contributed by atoms with Crippen LogP contribution < -0.4 is 19.1 Å². The van der Waals surface area contributed by atoms with Gasteiger partial charge in [-0.2, -0.15) is 0 Å². The maximum atomic E-state index is 13.7. The first-order valence-electron chi connectivity index (χ1n) is 14.6. The molecule has 1 N–H and O–H groups in total. The fourth-order valence-corrected chi connectivity index (χ4v) is 5.64. The molecule has 1 atom stereocenters. The number of ether oxygens (including phenoxy) is 4. The van der Waals surface area contributed by atoms with Gasteiger partial charge in [0.15, 0.2) is 16.6 Å². The third-order valence-electron chi connectivity index (χ3n) is 6.87. The number of esters is 1. The normalized spacial score (nSPS) is 16.0. The predicted molar refractivity (Wildman–Crippen MR) is 168 cm³/mol. The van der Waals surface area contributed by atoms with Crippen molar-refractivity contribution in [1.29, 1.82) is 0 Å². The van der Waals surface area contributed by atoms with E-state index in [1.807, 2.05) is 20.8 Å². The number of rotatable bonds is 13. The van der Waals surface area contributed by atoms with Gasteiger partial charge in [0.1, 0.15) is 16.4 Å². The summed E-state index contributed by atoms with van der Waals surface area (Å²) in [4.78, 5) is 46.1. The molecule has 1 unspecified atom stereocenters. The van der Waals surface area contributed by atoms with Crippen LogP contribution in [0.4, 0.5) is 5.13 Å². The standard InChI is InChI=1S/C33H38N2O8S/c1-7-9-16-42-23-13-10-21(11-14-23)28(36)26-27(22-12-15-24(41-8-2)25(17-22)40-6)35(31(38)29(26)37)33-34-20(5)30(44-33)32(39)43-18-19(3)4/h10-15,17,19,27,36H,7-9,16,18H2,1-6H3/b28-26+. The summed E-state index contributed by atoms with van der Waals surface area (Å²) in [7, 11) is 1.49. The number of carbonyl (C=O) groups excluding carboxylic acids is 3. The summed E-state index contributed by atoms with van der Waals surface area (Å²) in [5, 5.41) is 11.7. The van der Waals surface area contributed by atoms with E-state index in [1.54, 1.807) is 49.4 Å². The molecule has 0 bridgehead atoms. The summed E-state index contributed by atoms with van der Waals surface area (Å²) < 4.78 is 22.3. The Labute approximate surface area is 261 Å². The highest BCUT2D eigenvalue weighted by molar-refractivity contribution is 7.17. The number of unbranched alkanes of at least 4 members (excludes halogenated alkanes) is 1. The molecule has 0 saturated carbocycles. The smallest absolute Gasteiger partial charge is 0.350 e. The quantitative estimate of drug-likeness (QED) is 0.0750. The summed E-state index contributed by atoms with van der Waals surface area (Å²) in [5.41, 5.74) is 1.05. The summed E-state index contributed by atoms with van der Waals surface area (Å²) in [6.07, 6.45) is 1.90. The molecule has 234 valence electrons. The zero-order valence-corrected chi connectivity index (χ0v) is 26.7. The van der Waals surface area contributed by atoms with Crippen molar-refractivity contribution < 1.29 is 38.4 Å². The second-order valence-electron chi connectivity index (χ2n) is 10.6. The van der Waals surface area contributed by atoms with E-state index in [0.29, 0.717) is 47.3 Å². The van der Waals surface area contributed by atoms with Crippen LogP contribution in [0.2, 0.25) is 0 Å². The fraction of sp³-hybridized carbons (Fsp3) is 0.394. The van der Waals surface area contributed by atoms with Crippen molar-refractivity contribution in [2.24, 2.45) is 5.92 Å². The molecule has 3 aromatic rings. The Bertz CT molecular complexity index is 1540. The molecule has 1 saturated heterocycles. The topological polar surface area (TPSA) is 124 Å². The number of amides is 1. The highest BCUT2D eigenvalue weighted by Gasteiger charge is 2.48. The van der Waals surface area contributed by atoms with Gasteiger partial charge in [0.05, 0.1) is 44.2 Å². The second kappa shape index (κ2) is 14.4. The van der Waals surface area contributed by atoms with E-state index >= 15 is 0 Å². The number of anilines is 1. The third kappa shape index (κ3) is 6.88. The van der Waals surface area contributed by atoms with Crippen LogP contribution in [0.5, 0.6) is 17.2 Å². The lowest BCUT2D eigenvalue weighted by molar-refractivity contribution is -0.132. The Morgan fingerprint density at radius 3 is 2.43 bits per heavy atom. The van der Waals surface area contributed by atoms with Crippen molar-refractivity contribution in [3.8, 4) is 17.2 Å². The van der Waals surface area contributed by atoms with Crippen LogP contribution in [0.3, 0.4) is 0 Å². The van der Waals surface area contributed by atoms with E-state index < -0.39 is 23.7 Å². The number of benzene rings is 2. The minimum absolute atomic E-state index is 0.123. The highest BCUT2D eigenvalue weighted by Crippen LogP contribution is 2.45. The van der Waals surface area contributed by atoms with Crippen molar-refractivity contribution in [1.82, 2.24) is 4.98 Å². The number of hydrogen-bond donors (Lipinski definition) is 1. The molecule has 1 fully saturated rings. The maximum absolute atomic E-state index is 13.7. The zero-order chi connectivity index (χ0) is 32.0. The number of ketones is 1. The Balaban J connectivity index is 1.83. The number of aryl methyl sites for hydroxylation is 1. The molecular weight excluding hydrogens is 584 g/mol. The average molecular weight is 623 g/mol. The Hall–Kier alpha value is -4.38. The van der Waals surface area contributed by atoms with Crippen LogP contribution in [0.25, 0.3) is 5.76 Å². The van der Waals surface area contributed by atoms with Crippen LogP contribution in [-0.4, -0.2) is 54.7 Å². The van der Waals surface area contributed by atoms with Crippen molar-refractivity contribution in [2.45, 2.75) is 53.5 Å². The van der Waals surface area contributed by atoms with E-state index in [2.05, 4.69) is 11.9 Å². The third-order valence-corrected chi connectivity index (χ3v) is 8.00. The molecule has 4 rings (SSSR count). The zero-order valence-electron chi connectivity index (χ0n) is 25.8. The molecule has 44 heavy (non-hydrogen) atoms. The van der Waals surface area contributed by atoms with Gasteiger partial charge >= 0.3 is 11.9 Å². The number of hydrogen-bond acceptors (Lipinski definition) is 10. The number of Topliss-reactive ketones (excluding diaryl/α,β-unsaturated/α-hetero) is 1. The van der Waals surface area contributed by atoms with Gasteiger partial charge in [-0.3, -0.25) is 14.5 Å². The number of thiazole rings is 1. The summed E-state index contributed by atoms with van der Waals surface area (Å²) in [6, 6.07) is 10.6. The molecule has 1 amide bonds. The van der Waals surface area contributed by atoms with Crippen molar-refractivity contribution in [2.75, 3.05) is 31.8 Å². The minimum Gasteiger partial charge on any atom is -0.507 e. The Morgan fingerprint density at radius 1 is 1.07 bits per heavy atom. The van der Waals surface area contributed by atoms with Crippen LogP contribution in [0.1, 0.15) is 73.1 Å². The number of methoxy groups -OCH3 is 1. The van der Waals surface area contributed by atoms with Gasteiger partial charge in [0.2, 0.25) is 0 Å². The van der Waals surface area contributed by atoms with Gasteiger partial charge < -0.3 is 24.1 Å². The van der Waals surface area contributed by atoms with Gasteiger partial charge in [-0.05, 0) is 68.1 Å². The molecular formula is C33H38N2O8S. The molecule has 0 spiro atoms. The van der Waals surface area contributed by atoms with E-state index in [9.17, 15) is 19.5 Å². The highest BCUT2D eigenvalue weighted by atomic mass is 32.1. The molecule has 0 aliphatic carbocycles. The van der Waals surface area contributed by atoms with E-state index in [0.717, 1.165) is 24.2 Å². The van der Waals surface area contributed by atoms with Gasteiger partial charge in [0.25, 0.3) is 5.78 Å². The fourth-order valence-electron chi connectivity index (χ4n) is 4.66. The van der Waals surface area contributed by atoms with Gasteiger partial charge in [-0.1, -0.05) is 44.6 Å². The summed E-state index contributed by atoms with van der Waals surface area (Å²) >= 11 is 0.953. The molecule has 1 aliphatic heterocycles. The largest absolute Gasteiger partial charge is 0.507 e. The lowest BCUT2D eigenvalue weighted by Gasteiger charge is -2.24. The SMILES string of the molecule is CCCCOc1ccc(/C(O)=C2\C(=O)C(=O)N(c3nc(C)c(C(=O)OCC(C)C)s3)C2c2ccc(OCC)c(OC)c2)cc1. The van der Waals surface area contributed by atoms with Crippen molar-refractivity contribution in [3.63, 3.8) is 0 Å². The molecule has 2 heterocycles. The second-order valence-corrected chi connectivity index (χ2v) is 11.6. The van der Waals surface area contributed by atoms with Crippen molar-refractivity contribution in [3.05, 3.63) is 69.7 Å².